The van der Waals surface area contributed by atoms with Gasteiger partial charge >= 0.3 is 0 Å². The Kier molecular flexibility index (Phi) is 3.61. The zero-order valence-electron chi connectivity index (χ0n) is 10.6. The molecule has 0 radical (unpaired) electrons. The third kappa shape index (κ3) is 2.07. The van der Waals surface area contributed by atoms with E-state index in [1.165, 1.54) is 22.8 Å². The summed E-state index contributed by atoms with van der Waals surface area (Å²) in [4.78, 5) is 8.20. The molecule has 1 saturated heterocycles. The van der Waals surface area contributed by atoms with E-state index >= 15 is 0 Å². The van der Waals surface area contributed by atoms with Crippen molar-refractivity contribution in [2.45, 2.75) is 29.6 Å². The molecular formula is C11H14N4O4S. The van der Waals surface area contributed by atoms with Crippen LogP contribution in [0.5, 0.6) is 0 Å². The molecule has 1 aliphatic heterocycles. The van der Waals surface area contributed by atoms with Crippen molar-refractivity contribution in [1.82, 2.24) is 19.7 Å². The molecule has 0 unspecified atom stereocenters. The second-order valence-corrected chi connectivity index (χ2v) is 5.25. The van der Waals surface area contributed by atoms with Gasteiger partial charge in [0.2, 0.25) is 0 Å². The summed E-state index contributed by atoms with van der Waals surface area (Å²) < 4.78 is 6.83. The van der Waals surface area contributed by atoms with Crippen LogP contribution < -0.4 is 0 Å². The van der Waals surface area contributed by atoms with E-state index < -0.39 is 24.5 Å². The summed E-state index contributed by atoms with van der Waals surface area (Å²) in [7, 11) is 0. The van der Waals surface area contributed by atoms with E-state index in [0.717, 1.165) is 10.4 Å². The van der Waals surface area contributed by atoms with Crippen molar-refractivity contribution in [3.63, 3.8) is 0 Å². The minimum atomic E-state index is -1.16. The van der Waals surface area contributed by atoms with E-state index in [1.807, 2.05) is 6.26 Å². The fourth-order valence-electron chi connectivity index (χ4n) is 2.23. The molecule has 108 valence electrons. The van der Waals surface area contributed by atoms with Gasteiger partial charge in [-0.2, -0.15) is 0 Å². The summed E-state index contributed by atoms with van der Waals surface area (Å²) in [5.41, 5.74) is 0.488. The third-order valence-corrected chi connectivity index (χ3v) is 3.98. The molecule has 8 nitrogen and oxygen atoms in total. The van der Waals surface area contributed by atoms with Gasteiger partial charge in [-0.3, -0.25) is 0 Å². The molecule has 0 bridgehead atoms. The van der Waals surface area contributed by atoms with Crippen molar-refractivity contribution in [3.8, 4) is 0 Å². The fraction of sp³-hybridized carbons (Fsp3) is 0.545. The van der Waals surface area contributed by atoms with Crippen LogP contribution in [0.25, 0.3) is 11.0 Å². The number of thioether (sulfide) groups is 1. The lowest BCUT2D eigenvalue weighted by Gasteiger charge is -2.14. The molecule has 9 heteroatoms. The van der Waals surface area contributed by atoms with E-state index in [0.29, 0.717) is 5.65 Å². The van der Waals surface area contributed by atoms with Gasteiger partial charge in [-0.1, -0.05) is 0 Å². The number of aromatic nitrogens is 4. The number of ether oxygens (including phenoxy) is 1. The summed E-state index contributed by atoms with van der Waals surface area (Å²) >= 11 is 1.46. The zero-order valence-corrected chi connectivity index (χ0v) is 11.4. The summed E-state index contributed by atoms with van der Waals surface area (Å²) in [5.74, 6) is 0. The lowest BCUT2D eigenvalue weighted by atomic mass is 10.1. The highest BCUT2D eigenvalue weighted by atomic mass is 32.2. The van der Waals surface area contributed by atoms with Crippen LogP contribution in [0.3, 0.4) is 0 Å². The van der Waals surface area contributed by atoms with Crippen LogP contribution >= 0.6 is 11.8 Å². The molecule has 20 heavy (non-hydrogen) atoms. The predicted molar refractivity (Wildman–Crippen MR) is 70.1 cm³/mol. The highest BCUT2D eigenvalue weighted by Crippen LogP contribution is 2.31. The first-order valence-corrected chi connectivity index (χ1v) is 7.24. The van der Waals surface area contributed by atoms with E-state index in [4.69, 9.17) is 9.84 Å². The van der Waals surface area contributed by atoms with Gasteiger partial charge < -0.3 is 20.1 Å². The average molecular weight is 298 g/mol. The van der Waals surface area contributed by atoms with Gasteiger partial charge in [-0.25, -0.2) is 14.6 Å². The standard InChI is InChI=1S/C11H14N4O4S/c1-20-10-5-2-15(14-9(5)12-4-13-10)11-8(18)7(17)6(3-16)19-11/h2,4,6-8,11,16-18H,3H2,1H3/t6-,7-,8-,11-/m1/s1. The monoisotopic (exact) mass is 298 g/mol. The number of fused-ring (bicyclic) bond motifs is 1. The summed E-state index contributed by atoms with van der Waals surface area (Å²) in [6, 6.07) is 0. The lowest BCUT2D eigenvalue weighted by molar-refractivity contribution is -0.0583. The Balaban J connectivity index is 1.99. The van der Waals surface area contributed by atoms with Gasteiger partial charge in [0.05, 0.1) is 12.0 Å². The summed E-state index contributed by atoms with van der Waals surface area (Å²) in [6.45, 7) is -0.370. The average Bonchev–Trinajstić information content (AvgIpc) is 3.01. The fourth-order valence-corrected chi connectivity index (χ4v) is 2.74. The molecule has 0 aromatic carbocycles. The van der Waals surface area contributed by atoms with Crippen molar-refractivity contribution < 1.29 is 20.1 Å². The van der Waals surface area contributed by atoms with Crippen LogP contribution in [-0.4, -0.2) is 66.2 Å². The molecule has 2 aromatic rings. The van der Waals surface area contributed by atoms with Crippen LogP contribution in [0.4, 0.5) is 0 Å². The van der Waals surface area contributed by atoms with Crippen LogP contribution in [0.1, 0.15) is 6.23 Å². The Labute approximate surface area is 118 Å². The molecule has 0 saturated carbocycles. The normalized spacial score (nSPS) is 30.2. The number of aliphatic hydroxyl groups excluding tert-OH is 3. The first-order valence-electron chi connectivity index (χ1n) is 6.02. The zero-order chi connectivity index (χ0) is 14.3. The van der Waals surface area contributed by atoms with Crippen molar-refractivity contribution in [1.29, 1.82) is 0 Å². The van der Waals surface area contributed by atoms with E-state index in [2.05, 4.69) is 15.1 Å². The van der Waals surface area contributed by atoms with Crippen molar-refractivity contribution in [2.24, 2.45) is 0 Å². The molecular weight excluding hydrogens is 284 g/mol. The van der Waals surface area contributed by atoms with Crippen LogP contribution in [0.2, 0.25) is 0 Å². The molecule has 0 spiro atoms. The maximum Gasteiger partial charge on any atom is 0.185 e. The van der Waals surface area contributed by atoms with Crippen molar-refractivity contribution >= 4 is 22.8 Å². The largest absolute Gasteiger partial charge is 0.394 e. The molecule has 2 aromatic heterocycles. The summed E-state index contributed by atoms with van der Waals surface area (Å²) in [6.07, 6.45) is 0.991. The minimum absolute atomic E-state index is 0.370. The molecule has 1 fully saturated rings. The topological polar surface area (TPSA) is 114 Å². The van der Waals surface area contributed by atoms with Gasteiger partial charge in [-0.15, -0.1) is 16.9 Å². The maximum atomic E-state index is 9.98. The minimum Gasteiger partial charge on any atom is -0.394 e. The summed E-state index contributed by atoms with van der Waals surface area (Å²) in [5, 5.41) is 34.6. The molecule has 3 heterocycles. The number of aliphatic hydroxyl groups is 3. The Morgan fingerprint density at radius 2 is 2.15 bits per heavy atom. The van der Waals surface area contributed by atoms with Crippen LogP contribution in [-0.2, 0) is 4.74 Å². The third-order valence-electron chi connectivity index (χ3n) is 3.27. The SMILES string of the molecule is CSc1ncnc2nn([C@@H]3O[C@H](CO)[C@@H](O)[C@H]3O)cc12. The van der Waals surface area contributed by atoms with Gasteiger partial charge in [0.1, 0.15) is 29.7 Å². The first-order chi connectivity index (χ1) is 9.65. The first kappa shape index (κ1) is 13.7. The molecule has 4 atom stereocenters. The number of hydrogen-bond donors (Lipinski definition) is 3. The van der Waals surface area contributed by atoms with E-state index in [1.54, 1.807) is 6.20 Å². The Bertz CT molecular complexity index is 621. The second-order valence-electron chi connectivity index (χ2n) is 4.46. The van der Waals surface area contributed by atoms with Gasteiger partial charge in [-0.05, 0) is 6.26 Å². The van der Waals surface area contributed by atoms with Crippen LogP contribution in [0.15, 0.2) is 17.6 Å². The number of rotatable bonds is 3. The predicted octanol–water partition coefficient (Wildman–Crippen LogP) is -0.840. The van der Waals surface area contributed by atoms with Gasteiger partial charge in [0.15, 0.2) is 11.9 Å². The lowest BCUT2D eigenvalue weighted by Crippen LogP contribution is -2.33. The number of nitrogens with zero attached hydrogens (tertiary/aromatic N) is 4. The smallest absolute Gasteiger partial charge is 0.185 e. The van der Waals surface area contributed by atoms with Gasteiger partial charge in [0, 0.05) is 6.20 Å². The Hall–Kier alpha value is -1.26. The second kappa shape index (κ2) is 5.26. The quantitative estimate of drug-likeness (QED) is 0.496. The molecule has 3 rings (SSSR count). The molecule has 1 aliphatic rings. The van der Waals surface area contributed by atoms with Crippen molar-refractivity contribution in [3.05, 3.63) is 12.5 Å². The molecule has 3 N–H and O–H groups in total. The Morgan fingerprint density at radius 3 is 2.80 bits per heavy atom. The highest BCUT2D eigenvalue weighted by molar-refractivity contribution is 7.98. The van der Waals surface area contributed by atoms with Crippen molar-refractivity contribution in [2.75, 3.05) is 12.9 Å². The Morgan fingerprint density at radius 1 is 1.35 bits per heavy atom. The van der Waals surface area contributed by atoms with E-state index in [9.17, 15) is 10.2 Å². The maximum absolute atomic E-state index is 9.98. The molecule has 0 amide bonds. The number of hydrogen-bond acceptors (Lipinski definition) is 8. The van der Waals surface area contributed by atoms with Gasteiger partial charge in [0.25, 0.3) is 0 Å². The van der Waals surface area contributed by atoms with Crippen LogP contribution in [0, 0.1) is 0 Å². The molecule has 0 aliphatic carbocycles. The van der Waals surface area contributed by atoms with E-state index in [-0.39, 0.29) is 6.61 Å². The highest BCUT2D eigenvalue weighted by Gasteiger charge is 2.43.